The van der Waals surface area contributed by atoms with E-state index in [4.69, 9.17) is 0 Å². The van der Waals surface area contributed by atoms with Crippen molar-refractivity contribution in [3.8, 4) is 0 Å². The molecule has 0 saturated heterocycles. The van der Waals surface area contributed by atoms with Crippen molar-refractivity contribution < 1.29 is 4.79 Å². The summed E-state index contributed by atoms with van der Waals surface area (Å²) in [6.07, 6.45) is 1.61. The zero-order chi connectivity index (χ0) is 13.5. The van der Waals surface area contributed by atoms with E-state index in [1.807, 2.05) is 20.8 Å². The van der Waals surface area contributed by atoms with Gasteiger partial charge in [0.1, 0.15) is 10.6 Å². The number of nitrogens with zero attached hydrogens (tertiary/aromatic N) is 4. The lowest BCUT2D eigenvalue weighted by Gasteiger charge is -2.15. The number of aryl methyl sites for hydroxylation is 1. The molecule has 0 aliphatic rings. The van der Waals surface area contributed by atoms with Gasteiger partial charge >= 0.3 is 0 Å². The van der Waals surface area contributed by atoms with E-state index in [0.29, 0.717) is 15.0 Å². The molecule has 96 valence electrons. The second kappa shape index (κ2) is 4.55. The van der Waals surface area contributed by atoms with Gasteiger partial charge in [0.2, 0.25) is 5.78 Å². The van der Waals surface area contributed by atoms with Crippen LogP contribution < -0.4 is 0 Å². The van der Waals surface area contributed by atoms with Crippen LogP contribution in [0.2, 0.25) is 0 Å². The van der Waals surface area contributed by atoms with Gasteiger partial charge in [-0.05, 0) is 27.5 Å². The lowest BCUT2D eigenvalue weighted by atomic mass is 9.90. The van der Waals surface area contributed by atoms with Gasteiger partial charge < -0.3 is 0 Å². The molecule has 0 saturated carbocycles. The molecule has 0 atom stereocenters. The fourth-order valence-corrected chi connectivity index (χ4v) is 2.95. The summed E-state index contributed by atoms with van der Waals surface area (Å²) in [4.78, 5) is 13.1. The third kappa shape index (κ3) is 2.24. The molecule has 2 rings (SSSR count). The minimum Gasteiger partial charge on any atom is -0.286 e. The Balaban J connectivity index is 2.51. The first-order valence-corrected chi connectivity index (χ1v) is 6.94. The van der Waals surface area contributed by atoms with Crippen molar-refractivity contribution in [2.45, 2.75) is 26.2 Å². The molecule has 2 aromatic heterocycles. The Labute approximate surface area is 118 Å². The van der Waals surface area contributed by atoms with Crippen LogP contribution in [0.15, 0.2) is 10.7 Å². The molecule has 0 aliphatic carbocycles. The molecular formula is C11H13BrN4OS. The number of rotatable bonds is 2. The monoisotopic (exact) mass is 328 g/mol. The predicted molar refractivity (Wildman–Crippen MR) is 72.9 cm³/mol. The largest absolute Gasteiger partial charge is 0.286 e. The van der Waals surface area contributed by atoms with Gasteiger partial charge in [0, 0.05) is 12.5 Å². The average Bonchev–Trinajstić information content (AvgIpc) is 2.84. The Morgan fingerprint density at radius 2 is 2.11 bits per heavy atom. The highest BCUT2D eigenvalue weighted by atomic mass is 79.9. The minimum atomic E-state index is -0.205. The lowest BCUT2D eigenvalue weighted by Crippen LogP contribution is -2.18. The predicted octanol–water partition coefficient (Wildman–Crippen LogP) is 2.56. The summed E-state index contributed by atoms with van der Waals surface area (Å²) in [5.41, 5.74) is 1.04. The Kier molecular flexibility index (Phi) is 3.37. The molecule has 0 aliphatic heterocycles. The van der Waals surface area contributed by atoms with Crippen molar-refractivity contribution in [1.29, 1.82) is 0 Å². The number of carbonyl (C=O) groups is 1. The van der Waals surface area contributed by atoms with Gasteiger partial charge in [0.15, 0.2) is 0 Å². The van der Waals surface area contributed by atoms with Gasteiger partial charge in [0.25, 0.3) is 0 Å². The summed E-state index contributed by atoms with van der Waals surface area (Å²) in [6, 6.07) is 0. The number of aromatic nitrogens is 4. The zero-order valence-corrected chi connectivity index (χ0v) is 13.0. The maximum atomic E-state index is 12.5. The number of hydrogen-bond donors (Lipinski definition) is 0. The quantitative estimate of drug-likeness (QED) is 0.795. The first-order chi connectivity index (χ1) is 8.32. The van der Waals surface area contributed by atoms with E-state index in [-0.39, 0.29) is 11.2 Å². The maximum absolute atomic E-state index is 12.5. The Morgan fingerprint density at radius 3 is 2.61 bits per heavy atom. The summed E-state index contributed by atoms with van der Waals surface area (Å²) in [5.74, 6) is -0.0956. The summed E-state index contributed by atoms with van der Waals surface area (Å²) < 4.78 is 6.14. The van der Waals surface area contributed by atoms with Crippen LogP contribution in [-0.2, 0) is 12.5 Å². The van der Waals surface area contributed by atoms with Crippen LogP contribution >= 0.6 is 27.5 Å². The van der Waals surface area contributed by atoms with Crippen LogP contribution in [0, 0.1) is 0 Å². The molecule has 2 aromatic rings. The molecule has 5 nitrogen and oxygen atoms in total. The first-order valence-electron chi connectivity index (χ1n) is 5.37. The SMILES string of the molecule is Cn1ncc(Br)c1C(=O)c1snnc1C(C)(C)C. The van der Waals surface area contributed by atoms with Gasteiger partial charge in [-0.25, -0.2) is 0 Å². The molecule has 0 N–H and O–H groups in total. The van der Waals surface area contributed by atoms with Crippen molar-refractivity contribution >= 4 is 33.2 Å². The summed E-state index contributed by atoms with van der Waals surface area (Å²) in [6.45, 7) is 6.04. The van der Waals surface area contributed by atoms with Crippen LogP contribution in [0.4, 0.5) is 0 Å². The van der Waals surface area contributed by atoms with E-state index >= 15 is 0 Å². The third-order valence-electron chi connectivity index (χ3n) is 2.51. The molecule has 0 fully saturated rings. The first kappa shape index (κ1) is 13.4. The number of hydrogen-bond acceptors (Lipinski definition) is 5. The smallest absolute Gasteiger partial charge is 0.225 e. The summed E-state index contributed by atoms with van der Waals surface area (Å²) >= 11 is 4.47. The van der Waals surface area contributed by atoms with E-state index in [1.54, 1.807) is 17.9 Å². The van der Waals surface area contributed by atoms with E-state index in [0.717, 1.165) is 17.2 Å². The molecule has 2 heterocycles. The highest BCUT2D eigenvalue weighted by Crippen LogP contribution is 2.29. The van der Waals surface area contributed by atoms with E-state index in [1.165, 1.54) is 0 Å². The molecule has 0 spiro atoms. The van der Waals surface area contributed by atoms with Crippen molar-refractivity contribution in [2.75, 3.05) is 0 Å². The Morgan fingerprint density at radius 1 is 1.44 bits per heavy atom. The Hall–Kier alpha value is -1.08. The second-order valence-electron chi connectivity index (χ2n) is 4.99. The number of halogens is 1. The highest BCUT2D eigenvalue weighted by molar-refractivity contribution is 9.10. The maximum Gasteiger partial charge on any atom is 0.225 e. The highest BCUT2D eigenvalue weighted by Gasteiger charge is 2.29. The van der Waals surface area contributed by atoms with Crippen LogP contribution in [-0.4, -0.2) is 25.2 Å². The molecule has 0 unspecified atom stereocenters. The van der Waals surface area contributed by atoms with E-state index in [9.17, 15) is 4.79 Å². The second-order valence-corrected chi connectivity index (χ2v) is 6.60. The fraction of sp³-hybridized carbons (Fsp3) is 0.455. The van der Waals surface area contributed by atoms with Crippen molar-refractivity contribution in [3.05, 3.63) is 26.9 Å². The normalized spacial score (nSPS) is 11.8. The molecule has 0 bridgehead atoms. The average molecular weight is 329 g/mol. The summed E-state index contributed by atoms with van der Waals surface area (Å²) in [7, 11) is 1.74. The van der Waals surface area contributed by atoms with Gasteiger partial charge in [-0.2, -0.15) is 5.10 Å². The fourth-order valence-electron chi connectivity index (χ4n) is 1.60. The van der Waals surface area contributed by atoms with Gasteiger partial charge in [0.05, 0.1) is 16.4 Å². The molecule has 18 heavy (non-hydrogen) atoms. The van der Waals surface area contributed by atoms with Crippen molar-refractivity contribution in [3.63, 3.8) is 0 Å². The van der Waals surface area contributed by atoms with Crippen LogP contribution in [0.25, 0.3) is 0 Å². The standard InChI is InChI=1S/C11H13BrN4OS/c1-11(2,3)10-9(18-15-14-10)8(17)7-6(12)5-13-16(7)4/h5H,1-4H3. The van der Waals surface area contributed by atoms with E-state index < -0.39 is 0 Å². The lowest BCUT2D eigenvalue weighted by molar-refractivity contribution is 0.103. The molecule has 0 aromatic carbocycles. The van der Waals surface area contributed by atoms with Gasteiger partial charge in [-0.1, -0.05) is 25.3 Å². The zero-order valence-electron chi connectivity index (χ0n) is 10.6. The van der Waals surface area contributed by atoms with Gasteiger partial charge in [-0.3, -0.25) is 9.48 Å². The Bertz CT molecular complexity index is 577. The molecule has 7 heteroatoms. The van der Waals surface area contributed by atoms with Crippen LogP contribution in [0.5, 0.6) is 0 Å². The van der Waals surface area contributed by atoms with Crippen LogP contribution in [0.1, 0.15) is 41.8 Å². The van der Waals surface area contributed by atoms with E-state index in [2.05, 4.69) is 30.6 Å². The van der Waals surface area contributed by atoms with Crippen molar-refractivity contribution in [2.24, 2.45) is 7.05 Å². The minimum absolute atomic E-state index is 0.0956. The third-order valence-corrected chi connectivity index (χ3v) is 3.82. The summed E-state index contributed by atoms with van der Waals surface area (Å²) in [5, 5.41) is 8.13. The molecule has 0 amide bonds. The topological polar surface area (TPSA) is 60.7 Å². The number of ketones is 1. The molecule has 0 radical (unpaired) electrons. The van der Waals surface area contributed by atoms with Crippen LogP contribution in [0.3, 0.4) is 0 Å². The molecular weight excluding hydrogens is 316 g/mol. The van der Waals surface area contributed by atoms with Gasteiger partial charge in [-0.15, -0.1) is 5.10 Å². The number of carbonyl (C=O) groups excluding carboxylic acids is 1. The van der Waals surface area contributed by atoms with Crippen molar-refractivity contribution in [1.82, 2.24) is 19.4 Å².